The number of ether oxygens (including phenoxy) is 1. The maximum Gasteiger partial charge on any atom is 0.303 e. The predicted octanol–water partition coefficient (Wildman–Crippen LogP) is 2.91. The molecule has 2 fully saturated rings. The summed E-state index contributed by atoms with van der Waals surface area (Å²) >= 11 is 0. The quantitative estimate of drug-likeness (QED) is 0.843. The number of likely N-dealkylation sites (tertiary alicyclic amines) is 1. The highest BCUT2D eigenvalue weighted by atomic mass is 16.5. The minimum atomic E-state index is -0.664. The lowest BCUT2D eigenvalue weighted by molar-refractivity contribution is -0.137. The molecule has 4 nitrogen and oxygen atoms in total. The summed E-state index contributed by atoms with van der Waals surface area (Å²) in [5, 5.41) is 8.92. The van der Waals surface area contributed by atoms with Crippen LogP contribution in [0.2, 0.25) is 0 Å². The average molecular weight is 283 g/mol. The van der Waals surface area contributed by atoms with Crippen LogP contribution in [-0.2, 0) is 9.53 Å². The van der Waals surface area contributed by atoms with Gasteiger partial charge in [-0.3, -0.25) is 9.69 Å². The maximum absolute atomic E-state index is 10.8. The van der Waals surface area contributed by atoms with Crippen molar-refractivity contribution in [3.63, 3.8) is 0 Å². The van der Waals surface area contributed by atoms with Gasteiger partial charge in [-0.05, 0) is 44.6 Å². The average Bonchev–Trinajstić information content (AvgIpc) is 2.45. The normalized spacial score (nSPS) is 32.5. The van der Waals surface area contributed by atoms with Gasteiger partial charge in [-0.25, -0.2) is 0 Å². The molecule has 3 unspecified atom stereocenters. The lowest BCUT2D eigenvalue weighted by atomic mass is 9.89. The zero-order valence-corrected chi connectivity index (χ0v) is 12.9. The van der Waals surface area contributed by atoms with Crippen molar-refractivity contribution < 1.29 is 14.6 Å². The fraction of sp³-hybridized carbons (Fsp3) is 0.938. The molecule has 3 atom stereocenters. The van der Waals surface area contributed by atoms with Gasteiger partial charge in [0, 0.05) is 25.1 Å². The third kappa shape index (κ3) is 4.19. The number of aliphatic carboxylic acids is 1. The molecule has 0 aliphatic carbocycles. The Balaban J connectivity index is 1.94. The summed E-state index contributed by atoms with van der Waals surface area (Å²) in [7, 11) is 0. The van der Waals surface area contributed by atoms with Gasteiger partial charge in [-0.2, -0.15) is 0 Å². The van der Waals surface area contributed by atoms with Crippen LogP contribution in [0.4, 0.5) is 0 Å². The van der Waals surface area contributed by atoms with Gasteiger partial charge >= 0.3 is 5.97 Å². The van der Waals surface area contributed by atoms with Crippen LogP contribution in [-0.4, -0.2) is 47.3 Å². The molecule has 4 heteroatoms. The first-order valence-electron chi connectivity index (χ1n) is 8.17. The van der Waals surface area contributed by atoms with E-state index in [2.05, 4.69) is 18.7 Å². The summed E-state index contributed by atoms with van der Waals surface area (Å²) in [6.45, 7) is 6.45. The van der Waals surface area contributed by atoms with Gasteiger partial charge in [0.1, 0.15) is 0 Å². The molecule has 2 heterocycles. The molecule has 0 bridgehead atoms. The molecule has 2 rings (SSSR count). The van der Waals surface area contributed by atoms with E-state index in [9.17, 15) is 4.79 Å². The van der Waals surface area contributed by atoms with E-state index in [1.807, 2.05) is 0 Å². The zero-order chi connectivity index (χ0) is 14.5. The van der Waals surface area contributed by atoms with E-state index in [1.165, 1.54) is 12.8 Å². The first kappa shape index (κ1) is 15.8. The second kappa shape index (κ2) is 7.41. The Kier molecular flexibility index (Phi) is 5.85. The highest BCUT2D eigenvalue weighted by Gasteiger charge is 2.33. The van der Waals surface area contributed by atoms with Crippen LogP contribution < -0.4 is 0 Å². The number of carboxylic acids is 1. The van der Waals surface area contributed by atoms with Gasteiger partial charge in [-0.1, -0.05) is 20.3 Å². The second-order valence-corrected chi connectivity index (χ2v) is 6.65. The molecule has 0 aromatic heterocycles. The molecule has 0 spiro atoms. The van der Waals surface area contributed by atoms with E-state index in [4.69, 9.17) is 9.84 Å². The van der Waals surface area contributed by atoms with Crippen molar-refractivity contribution in [2.45, 2.75) is 77.0 Å². The Morgan fingerprint density at radius 1 is 1.35 bits per heavy atom. The summed E-state index contributed by atoms with van der Waals surface area (Å²) in [4.78, 5) is 13.4. The van der Waals surface area contributed by atoms with Crippen molar-refractivity contribution in [1.29, 1.82) is 0 Å². The molecule has 2 aliphatic rings. The first-order chi connectivity index (χ1) is 9.58. The number of hydrogen-bond acceptors (Lipinski definition) is 3. The molecule has 20 heavy (non-hydrogen) atoms. The zero-order valence-electron chi connectivity index (χ0n) is 12.9. The van der Waals surface area contributed by atoms with Crippen LogP contribution in [0.15, 0.2) is 0 Å². The minimum absolute atomic E-state index is 0.304. The van der Waals surface area contributed by atoms with Crippen molar-refractivity contribution in [2.75, 3.05) is 13.2 Å². The fourth-order valence-corrected chi connectivity index (χ4v) is 3.68. The smallest absolute Gasteiger partial charge is 0.303 e. The van der Waals surface area contributed by atoms with Gasteiger partial charge in [0.15, 0.2) is 0 Å². The van der Waals surface area contributed by atoms with E-state index >= 15 is 0 Å². The van der Waals surface area contributed by atoms with E-state index in [0.29, 0.717) is 30.5 Å². The Hall–Kier alpha value is -0.610. The second-order valence-electron chi connectivity index (χ2n) is 6.65. The van der Waals surface area contributed by atoms with Crippen LogP contribution in [0.3, 0.4) is 0 Å². The molecule has 1 N–H and O–H groups in total. The van der Waals surface area contributed by atoms with E-state index in [1.54, 1.807) is 0 Å². The number of carbonyl (C=O) groups is 1. The maximum atomic E-state index is 10.8. The van der Waals surface area contributed by atoms with Crippen LogP contribution in [0, 0.1) is 5.92 Å². The van der Waals surface area contributed by atoms with Crippen molar-refractivity contribution >= 4 is 5.97 Å². The molecule has 2 aliphatic heterocycles. The third-order valence-corrected chi connectivity index (χ3v) is 4.86. The molecular formula is C16H29NO3. The highest BCUT2D eigenvalue weighted by molar-refractivity contribution is 5.66. The number of hydrogen-bond donors (Lipinski definition) is 1. The van der Waals surface area contributed by atoms with Gasteiger partial charge in [0.2, 0.25) is 0 Å². The number of rotatable bonds is 5. The summed E-state index contributed by atoms with van der Waals surface area (Å²) in [6, 6.07) is 1.06. The van der Waals surface area contributed by atoms with Gasteiger partial charge in [0.05, 0.1) is 6.10 Å². The van der Waals surface area contributed by atoms with Crippen molar-refractivity contribution in [3.8, 4) is 0 Å². The van der Waals surface area contributed by atoms with E-state index < -0.39 is 5.97 Å². The predicted molar refractivity (Wildman–Crippen MR) is 78.8 cm³/mol. The third-order valence-electron chi connectivity index (χ3n) is 4.86. The summed E-state index contributed by atoms with van der Waals surface area (Å²) in [6.07, 6.45) is 7.36. The standard InChI is InChI=1S/C16H29NO3/c1-12(2)15-11-14(8-10-20-15)17-9-4-3-5-13(17)6-7-16(18)19/h12-15H,3-11H2,1-2H3,(H,18,19). The van der Waals surface area contributed by atoms with E-state index in [-0.39, 0.29) is 0 Å². The molecule has 0 aromatic carbocycles. The van der Waals surface area contributed by atoms with Crippen molar-refractivity contribution in [3.05, 3.63) is 0 Å². The Morgan fingerprint density at radius 2 is 2.15 bits per heavy atom. The van der Waals surface area contributed by atoms with Crippen LogP contribution >= 0.6 is 0 Å². The van der Waals surface area contributed by atoms with Crippen LogP contribution in [0.1, 0.15) is 58.8 Å². The van der Waals surface area contributed by atoms with Crippen LogP contribution in [0.5, 0.6) is 0 Å². The summed E-state index contributed by atoms with van der Waals surface area (Å²) in [5.74, 6) is -0.0948. The van der Waals surface area contributed by atoms with Gasteiger partial charge in [-0.15, -0.1) is 0 Å². The summed E-state index contributed by atoms with van der Waals surface area (Å²) in [5.41, 5.74) is 0. The minimum Gasteiger partial charge on any atom is -0.481 e. The fourth-order valence-electron chi connectivity index (χ4n) is 3.68. The molecule has 0 aromatic rings. The number of carboxylic acid groups (broad SMARTS) is 1. The highest BCUT2D eigenvalue weighted by Crippen LogP contribution is 2.30. The SMILES string of the molecule is CC(C)C1CC(N2CCCCC2CCC(=O)O)CCO1. The molecule has 116 valence electrons. The monoisotopic (exact) mass is 283 g/mol. The Morgan fingerprint density at radius 3 is 2.85 bits per heavy atom. The van der Waals surface area contributed by atoms with Gasteiger partial charge in [0.25, 0.3) is 0 Å². The van der Waals surface area contributed by atoms with Crippen molar-refractivity contribution in [2.24, 2.45) is 5.92 Å². The molecule has 0 radical (unpaired) electrons. The summed E-state index contributed by atoms with van der Waals surface area (Å²) < 4.78 is 5.87. The lowest BCUT2D eigenvalue weighted by Gasteiger charge is -2.45. The molecular weight excluding hydrogens is 254 g/mol. The Bertz CT molecular complexity index is 319. The molecule has 0 amide bonds. The van der Waals surface area contributed by atoms with Crippen LogP contribution in [0.25, 0.3) is 0 Å². The first-order valence-corrected chi connectivity index (χ1v) is 8.17. The van der Waals surface area contributed by atoms with Crippen molar-refractivity contribution in [1.82, 2.24) is 4.90 Å². The lowest BCUT2D eigenvalue weighted by Crippen LogP contribution is -2.50. The number of piperidine rings is 1. The Labute approximate surface area is 122 Å². The topological polar surface area (TPSA) is 49.8 Å². The molecule has 2 saturated heterocycles. The van der Waals surface area contributed by atoms with E-state index in [0.717, 1.165) is 38.8 Å². The largest absolute Gasteiger partial charge is 0.481 e. The van der Waals surface area contributed by atoms with Gasteiger partial charge < -0.3 is 9.84 Å². The number of nitrogens with zero attached hydrogens (tertiary/aromatic N) is 1. The molecule has 0 saturated carbocycles.